The predicted molar refractivity (Wildman–Crippen MR) is 53.6 cm³/mol. The summed E-state index contributed by atoms with van der Waals surface area (Å²) in [6.45, 7) is 1.70. The Kier molecular flexibility index (Phi) is 22.2. The highest BCUT2D eigenvalue weighted by molar-refractivity contribution is 6.17. The molecule has 0 rings (SSSR count). The van der Waals surface area contributed by atoms with E-state index in [4.69, 9.17) is 31.7 Å². The van der Waals surface area contributed by atoms with Gasteiger partial charge in [0, 0.05) is 5.88 Å². The minimum Gasteiger partial charge on any atom is -0.394 e. The number of hydrogen-bond donors (Lipinski definition) is 3. The lowest BCUT2D eigenvalue weighted by molar-refractivity contribution is 0.0650. The Morgan fingerprint density at radius 3 is 1.36 bits per heavy atom. The van der Waals surface area contributed by atoms with Crippen LogP contribution in [0.2, 0.25) is 0 Å². The number of rotatable bonds is 8. The molecule has 0 saturated heterocycles. The molecule has 6 heteroatoms. The van der Waals surface area contributed by atoms with Crippen LogP contribution in [-0.4, -0.2) is 67.4 Å². The van der Waals surface area contributed by atoms with Gasteiger partial charge in [0.15, 0.2) is 0 Å². The summed E-state index contributed by atoms with van der Waals surface area (Å²) in [6.07, 6.45) is 0. The molecule has 0 spiro atoms. The van der Waals surface area contributed by atoms with Crippen LogP contribution in [0.5, 0.6) is 0 Å². The lowest BCUT2D eigenvalue weighted by Crippen LogP contribution is -2.03. The summed E-state index contributed by atoms with van der Waals surface area (Å²) < 4.78 is 9.38. The maximum atomic E-state index is 8.12. The van der Waals surface area contributed by atoms with Gasteiger partial charge in [-0.2, -0.15) is 0 Å². The highest BCUT2D eigenvalue weighted by Crippen LogP contribution is 1.76. The Morgan fingerprint density at radius 2 is 1.07 bits per heavy atom. The van der Waals surface area contributed by atoms with Crippen LogP contribution in [-0.2, 0) is 9.47 Å². The SMILES string of the molecule is OCCOCCCl.OCCOCCO. The Morgan fingerprint density at radius 1 is 0.714 bits per heavy atom. The second-order valence-corrected chi connectivity index (χ2v) is 2.46. The molecule has 0 heterocycles. The number of halogens is 1. The van der Waals surface area contributed by atoms with E-state index in [1.54, 1.807) is 0 Å². The van der Waals surface area contributed by atoms with Crippen molar-refractivity contribution in [1.82, 2.24) is 0 Å². The second kappa shape index (κ2) is 18.8. The van der Waals surface area contributed by atoms with Gasteiger partial charge in [0.05, 0.1) is 46.2 Å². The van der Waals surface area contributed by atoms with Gasteiger partial charge in [-0.05, 0) is 0 Å². The van der Waals surface area contributed by atoms with Gasteiger partial charge in [0.1, 0.15) is 0 Å². The second-order valence-electron chi connectivity index (χ2n) is 2.08. The Balaban J connectivity index is 0. The molecule has 0 radical (unpaired) electrons. The fourth-order valence-electron chi connectivity index (χ4n) is 0.452. The Labute approximate surface area is 89.2 Å². The molecule has 0 amide bonds. The summed E-state index contributed by atoms with van der Waals surface area (Å²) in [6, 6.07) is 0. The normalized spacial score (nSPS) is 9.43. The molecule has 0 aromatic carbocycles. The zero-order valence-electron chi connectivity index (χ0n) is 8.19. The van der Waals surface area contributed by atoms with E-state index in [1.807, 2.05) is 0 Å². The summed E-state index contributed by atoms with van der Waals surface area (Å²) in [5.41, 5.74) is 0. The van der Waals surface area contributed by atoms with Crippen LogP contribution >= 0.6 is 11.6 Å². The van der Waals surface area contributed by atoms with Crippen molar-refractivity contribution in [3.8, 4) is 0 Å². The first-order valence-electron chi connectivity index (χ1n) is 4.37. The first-order valence-corrected chi connectivity index (χ1v) is 4.91. The van der Waals surface area contributed by atoms with Crippen LogP contribution in [0.4, 0.5) is 0 Å². The third-order valence-corrected chi connectivity index (χ3v) is 1.08. The van der Waals surface area contributed by atoms with Crippen molar-refractivity contribution < 1.29 is 24.8 Å². The highest BCUT2D eigenvalue weighted by Gasteiger charge is 1.80. The summed E-state index contributed by atoms with van der Waals surface area (Å²) in [4.78, 5) is 0. The van der Waals surface area contributed by atoms with E-state index < -0.39 is 0 Å². The predicted octanol–water partition coefficient (Wildman–Crippen LogP) is -0.778. The van der Waals surface area contributed by atoms with Gasteiger partial charge in [-0.3, -0.25) is 0 Å². The molecule has 0 aliphatic rings. The first-order chi connectivity index (χ1) is 6.83. The Hall–Kier alpha value is 0.0900. The van der Waals surface area contributed by atoms with Crippen LogP contribution in [0.3, 0.4) is 0 Å². The van der Waals surface area contributed by atoms with Crippen LogP contribution in [0.15, 0.2) is 0 Å². The molecule has 0 aromatic heterocycles. The van der Waals surface area contributed by atoms with Crippen molar-refractivity contribution in [3.05, 3.63) is 0 Å². The first kappa shape index (κ1) is 16.5. The topological polar surface area (TPSA) is 79.2 Å². The van der Waals surface area contributed by atoms with Crippen molar-refractivity contribution in [2.45, 2.75) is 0 Å². The van der Waals surface area contributed by atoms with Gasteiger partial charge in [0.25, 0.3) is 0 Å². The molecule has 0 unspecified atom stereocenters. The molecule has 0 aliphatic carbocycles. The van der Waals surface area contributed by atoms with E-state index in [9.17, 15) is 0 Å². The number of aliphatic hydroxyl groups is 3. The minimum atomic E-state index is 0.0278. The van der Waals surface area contributed by atoms with Gasteiger partial charge in [-0.15, -0.1) is 11.6 Å². The summed E-state index contributed by atoms with van der Waals surface area (Å²) in [5.74, 6) is 0.500. The van der Waals surface area contributed by atoms with Crippen molar-refractivity contribution in [2.24, 2.45) is 0 Å². The van der Waals surface area contributed by atoms with Gasteiger partial charge >= 0.3 is 0 Å². The van der Waals surface area contributed by atoms with E-state index in [0.717, 1.165) is 0 Å². The average molecular weight is 231 g/mol. The largest absolute Gasteiger partial charge is 0.394 e. The molecule has 14 heavy (non-hydrogen) atoms. The zero-order valence-corrected chi connectivity index (χ0v) is 8.95. The fraction of sp³-hybridized carbons (Fsp3) is 1.00. The molecular weight excluding hydrogens is 212 g/mol. The molecule has 0 fully saturated rings. The summed E-state index contributed by atoms with van der Waals surface area (Å²) in [7, 11) is 0. The molecule has 5 nitrogen and oxygen atoms in total. The van der Waals surface area contributed by atoms with E-state index in [0.29, 0.717) is 32.3 Å². The highest BCUT2D eigenvalue weighted by atomic mass is 35.5. The minimum absolute atomic E-state index is 0.0278. The quantitative estimate of drug-likeness (QED) is 0.377. The van der Waals surface area contributed by atoms with Crippen LogP contribution in [0.25, 0.3) is 0 Å². The lowest BCUT2D eigenvalue weighted by Gasteiger charge is -1.94. The van der Waals surface area contributed by atoms with Crippen molar-refractivity contribution in [2.75, 3.05) is 52.1 Å². The van der Waals surface area contributed by atoms with Gasteiger partial charge < -0.3 is 24.8 Å². The molecule has 3 N–H and O–H groups in total. The van der Waals surface area contributed by atoms with Crippen molar-refractivity contribution in [1.29, 1.82) is 0 Å². The molecule has 0 aliphatic heterocycles. The van der Waals surface area contributed by atoms with Crippen LogP contribution < -0.4 is 0 Å². The number of ether oxygens (including phenoxy) is 2. The molecule has 0 atom stereocenters. The molecule has 0 bridgehead atoms. The smallest absolute Gasteiger partial charge is 0.0698 e. The maximum Gasteiger partial charge on any atom is 0.0698 e. The Bertz CT molecular complexity index is 66.1. The zero-order chi connectivity index (χ0) is 11.1. The van der Waals surface area contributed by atoms with E-state index in [2.05, 4.69) is 4.74 Å². The monoisotopic (exact) mass is 230 g/mol. The van der Waals surface area contributed by atoms with Gasteiger partial charge in [-0.25, -0.2) is 0 Å². The fourth-order valence-corrected chi connectivity index (χ4v) is 0.561. The number of aliphatic hydroxyl groups excluding tert-OH is 3. The van der Waals surface area contributed by atoms with Gasteiger partial charge in [0.2, 0.25) is 0 Å². The molecule has 0 aromatic rings. The van der Waals surface area contributed by atoms with Crippen LogP contribution in [0.1, 0.15) is 0 Å². The average Bonchev–Trinajstić information content (AvgIpc) is 2.21. The van der Waals surface area contributed by atoms with Crippen LogP contribution in [0, 0.1) is 0 Å². The van der Waals surface area contributed by atoms with E-state index >= 15 is 0 Å². The van der Waals surface area contributed by atoms with E-state index in [1.165, 1.54) is 0 Å². The van der Waals surface area contributed by atoms with Crippen molar-refractivity contribution in [3.63, 3.8) is 0 Å². The summed E-state index contributed by atoms with van der Waals surface area (Å²) in [5, 5.41) is 24.3. The number of hydrogen-bond acceptors (Lipinski definition) is 5. The molecule has 88 valence electrons. The third kappa shape index (κ3) is 22.7. The third-order valence-electron chi connectivity index (χ3n) is 0.928. The standard InChI is InChI=1S/C4H9ClO2.C4H10O3/c2*5-1-3-7-4-2-6/h6H,1-4H2;5-6H,1-4H2. The lowest BCUT2D eigenvalue weighted by atomic mass is 10.7. The molecule has 0 saturated carbocycles. The van der Waals surface area contributed by atoms with E-state index in [-0.39, 0.29) is 19.8 Å². The van der Waals surface area contributed by atoms with Crippen molar-refractivity contribution >= 4 is 11.6 Å². The number of alkyl halides is 1. The summed E-state index contributed by atoms with van der Waals surface area (Å²) >= 11 is 5.23. The molecular formula is C8H19ClO5. The van der Waals surface area contributed by atoms with Gasteiger partial charge in [-0.1, -0.05) is 0 Å². The maximum absolute atomic E-state index is 8.12.